The molecular weight excluding hydrogens is 190 g/mol. The standard InChI is InChI=1S/C12H17NS/c1-8-7-10(9(2)14-8)11(3-4-11)12(13)5-6-12/h7H,3-6,13H2,1-2H3. The Labute approximate surface area is 89.3 Å². The Balaban J connectivity index is 2.06. The van der Waals surface area contributed by atoms with Gasteiger partial charge in [-0.2, -0.15) is 0 Å². The summed E-state index contributed by atoms with van der Waals surface area (Å²) in [6.07, 6.45) is 5.11. The van der Waals surface area contributed by atoms with Crippen molar-refractivity contribution >= 4 is 11.3 Å². The van der Waals surface area contributed by atoms with Crippen LogP contribution in [0, 0.1) is 13.8 Å². The second-order valence-electron chi connectivity index (χ2n) is 5.07. The lowest BCUT2D eigenvalue weighted by atomic mass is 9.86. The largest absolute Gasteiger partial charge is 0.324 e. The number of thiophene rings is 1. The lowest BCUT2D eigenvalue weighted by Crippen LogP contribution is -2.37. The molecule has 0 saturated heterocycles. The van der Waals surface area contributed by atoms with Crippen LogP contribution < -0.4 is 5.73 Å². The van der Waals surface area contributed by atoms with Gasteiger partial charge in [-0.25, -0.2) is 0 Å². The van der Waals surface area contributed by atoms with Gasteiger partial charge in [-0.05, 0) is 51.2 Å². The summed E-state index contributed by atoms with van der Waals surface area (Å²) in [6.45, 7) is 4.45. The molecule has 1 aromatic heterocycles. The van der Waals surface area contributed by atoms with Gasteiger partial charge in [-0.3, -0.25) is 0 Å². The molecule has 1 aromatic rings. The number of rotatable bonds is 2. The summed E-state index contributed by atoms with van der Waals surface area (Å²) in [6, 6.07) is 2.37. The quantitative estimate of drug-likeness (QED) is 0.793. The molecule has 0 unspecified atom stereocenters. The highest BCUT2D eigenvalue weighted by molar-refractivity contribution is 7.12. The first-order chi connectivity index (χ1) is 6.57. The number of hydrogen-bond acceptors (Lipinski definition) is 2. The first-order valence-electron chi connectivity index (χ1n) is 5.44. The molecule has 0 aliphatic heterocycles. The maximum absolute atomic E-state index is 6.40. The molecule has 1 heterocycles. The fourth-order valence-electron chi connectivity index (χ4n) is 2.88. The molecule has 0 spiro atoms. The van der Waals surface area contributed by atoms with Gasteiger partial charge in [0.2, 0.25) is 0 Å². The fourth-order valence-corrected chi connectivity index (χ4v) is 3.90. The Hall–Kier alpha value is -0.340. The van der Waals surface area contributed by atoms with Crippen molar-refractivity contribution in [3.8, 4) is 0 Å². The van der Waals surface area contributed by atoms with Gasteiger partial charge in [0.1, 0.15) is 0 Å². The molecule has 3 rings (SSSR count). The van der Waals surface area contributed by atoms with E-state index in [1.54, 1.807) is 5.56 Å². The van der Waals surface area contributed by atoms with Gasteiger partial charge in [0.05, 0.1) is 0 Å². The summed E-state index contributed by atoms with van der Waals surface area (Å²) in [4.78, 5) is 2.93. The van der Waals surface area contributed by atoms with Crippen LogP contribution in [-0.2, 0) is 5.41 Å². The monoisotopic (exact) mass is 207 g/mol. The Morgan fingerprint density at radius 2 is 1.86 bits per heavy atom. The fraction of sp³-hybridized carbons (Fsp3) is 0.667. The van der Waals surface area contributed by atoms with Crippen LogP contribution in [0.25, 0.3) is 0 Å². The van der Waals surface area contributed by atoms with E-state index in [0.717, 1.165) is 0 Å². The van der Waals surface area contributed by atoms with Crippen LogP contribution >= 0.6 is 11.3 Å². The highest BCUT2D eigenvalue weighted by atomic mass is 32.1. The van der Waals surface area contributed by atoms with Gasteiger partial charge in [0.25, 0.3) is 0 Å². The second-order valence-corrected chi connectivity index (χ2v) is 6.53. The van der Waals surface area contributed by atoms with Crippen molar-refractivity contribution in [2.75, 3.05) is 0 Å². The highest BCUT2D eigenvalue weighted by Crippen LogP contribution is 2.64. The van der Waals surface area contributed by atoms with Crippen molar-refractivity contribution in [2.45, 2.75) is 50.5 Å². The Bertz CT molecular complexity index is 383. The molecule has 76 valence electrons. The molecule has 2 aliphatic rings. The minimum atomic E-state index is 0.172. The van der Waals surface area contributed by atoms with E-state index in [0.29, 0.717) is 5.41 Å². The minimum absolute atomic E-state index is 0.172. The van der Waals surface area contributed by atoms with E-state index in [1.165, 1.54) is 35.4 Å². The van der Waals surface area contributed by atoms with Crippen LogP contribution in [-0.4, -0.2) is 5.54 Å². The van der Waals surface area contributed by atoms with Crippen molar-refractivity contribution in [2.24, 2.45) is 5.73 Å². The summed E-state index contributed by atoms with van der Waals surface area (Å²) in [7, 11) is 0. The van der Waals surface area contributed by atoms with E-state index in [-0.39, 0.29) is 5.54 Å². The topological polar surface area (TPSA) is 26.0 Å². The summed E-state index contributed by atoms with van der Waals surface area (Å²) in [5.41, 5.74) is 8.53. The van der Waals surface area contributed by atoms with E-state index in [2.05, 4.69) is 19.9 Å². The zero-order valence-electron chi connectivity index (χ0n) is 8.89. The molecule has 1 nitrogen and oxygen atoms in total. The van der Waals surface area contributed by atoms with E-state index in [1.807, 2.05) is 11.3 Å². The molecule has 2 aliphatic carbocycles. The van der Waals surface area contributed by atoms with Gasteiger partial charge < -0.3 is 5.73 Å². The van der Waals surface area contributed by atoms with E-state index >= 15 is 0 Å². The predicted molar refractivity (Wildman–Crippen MR) is 60.9 cm³/mol. The summed E-state index contributed by atoms with van der Waals surface area (Å²) < 4.78 is 0. The average molecular weight is 207 g/mol. The zero-order chi connectivity index (χ0) is 9.97. The third kappa shape index (κ3) is 0.986. The smallest absolute Gasteiger partial charge is 0.0254 e. The first-order valence-corrected chi connectivity index (χ1v) is 6.25. The maximum atomic E-state index is 6.40. The lowest BCUT2D eigenvalue weighted by molar-refractivity contribution is 0.503. The second kappa shape index (κ2) is 2.42. The van der Waals surface area contributed by atoms with Crippen LogP contribution in [0.15, 0.2) is 6.07 Å². The van der Waals surface area contributed by atoms with E-state index in [4.69, 9.17) is 5.73 Å². The summed E-state index contributed by atoms with van der Waals surface area (Å²) >= 11 is 1.92. The Morgan fingerprint density at radius 1 is 1.21 bits per heavy atom. The SMILES string of the molecule is Cc1cc(C2(C3(N)CC3)CC2)c(C)s1. The molecule has 2 fully saturated rings. The molecule has 14 heavy (non-hydrogen) atoms. The Morgan fingerprint density at radius 3 is 2.21 bits per heavy atom. The van der Waals surface area contributed by atoms with Crippen LogP contribution in [0.4, 0.5) is 0 Å². The van der Waals surface area contributed by atoms with Crippen molar-refractivity contribution in [3.63, 3.8) is 0 Å². The molecule has 0 amide bonds. The highest BCUT2D eigenvalue weighted by Gasteiger charge is 2.64. The van der Waals surface area contributed by atoms with Crippen molar-refractivity contribution in [1.29, 1.82) is 0 Å². The van der Waals surface area contributed by atoms with Gasteiger partial charge in [-0.15, -0.1) is 11.3 Å². The normalized spacial score (nSPS) is 26.2. The van der Waals surface area contributed by atoms with E-state index in [9.17, 15) is 0 Å². The molecular formula is C12H17NS. The molecule has 2 saturated carbocycles. The number of hydrogen-bond donors (Lipinski definition) is 1. The summed E-state index contributed by atoms with van der Waals surface area (Å²) in [5.74, 6) is 0. The molecule has 0 aromatic carbocycles. The van der Waals surface area contributed by atoms with Crippen LogP contribution in [0.2, 0.25) is 0 Å². The average Bonchev–Trinajstić information content (AvgIpc) is 2.97. The molecule has 2 N–H and O–H groups in total. The molecule has 2 heteroatoms. The van der Waals surface area contributed by atoms with Gasteiger partial charge in [0, 0.05) is 20.7 Å². The van der Waals surface area contributed by atoms with Crippen molar-refractivity contribution in [3.05, 3.63) is 21.4 Å². The van der Waals surface area contributed by atoms with Gasteiger partial charge in [-0.1, -0.05) is 0 Å². The predicted octanol–water partition coefficient (Wildman–Crippen LogP) is 2.89. The molecule has 0 radical (unpaired) electrons. The van der Waals surface area contributed by atoms with Crippen molar-refractivity contribution < 1.29 is 0 Å². The minimum Gasteiger partial charge on any atom is -0.324 e. The van der Waals surface area contributed by atoms with Gasteiger partial charge >= 0.3 is 0 Å². The van der Waals surface area contributed by atoms with Crippen LogP contribution in [0.5, 0.6) is 0 Å². The third-order valence-corrected chi connectivity index (χ3v) is 5.01. The van der Waals surface area contributed by atoms with Crippen LogP contribution in [0.3, 0.4) is 0 Å². The molecule has 0 bridgehead atoms. The number of nitrogens with two attached hydrogens (primary N) is 1. The van der Waals surface area contributed by atoms with Crippen molar-refractivity contribution in [1.82, 2.24) is 0 Å². The third-order valence-electron chi connectivity index (χ3n) is 4.05. The Kier molecular flexibility index (Phi) is 1.54. The first kappa shape index (κ1) is 8.93. The van der Waals surface area contributed by atoms with Gasteiger partial charge in [0.15, 0.2) is 0 Å². The maximum Gasteiger partial charge on any atom is 0.0254 e. The van der Waals surface area contributed by atoms with Crippen LogP contribution in [0.1, 0.15) is 41.0 Å². The lowest BCUT2D eigenvalue weighted by Gasteiger charge is -2.22. The zero-order valence-corrected chi connectivity index (χ0v) is 9.71. The summed E-state index contributed by atoms with van der Waals surface area (Å²) in [5, 5.41) is 0. The number of aryl methyl sites for hydroxylation is 2. The molecule has 0 atom stereocenters. The van der Waals surface area contributed by atoms with E-state index < -0.39 is 0 Å².